The van der Waals surface area contributed by atoms with Gasteiger partial charge in [-0.15, -0.1) is 0 Å². The van der Waals surface area contributed by atoms with Gasteiger partial charge in [-0.1, -0.05) is 12.1 Å². The first kappa shape index (κ1) is 21.4. The fraction of sp³-hybridized carbons (Fsp3) is 0.346. The van der Waals surface area contributed by atoms with E-state index in [-0.39, 0.29) is 17.6 Å². The Balaban J connectivity index is 1.18. The van der Waals surface area contributed by atoms with Gasteiger partial charge in [0.15, 0.2) is 0 Å². The third kappa shape index (κ3) is 4.40. The van der Waals surface area contributed by atoms with Gasteiger partial charge in [-0.05, 0) is 62.1 Å². The van der Waals surface area contributed by atoms with Gasteiger partial charge in [0.05, 0.1) is 23.1 Å². The molecule has 0 bridgehead atoms. The van der Waals surface area contributed by atoms with E-state index >= 15 is 0 Å². The summed E-state index contributed by atoms with van der Waals surface area (Å²) < 4.78 is 15.9. The molecule has 1 atom stereocenters. The van der Waals surface area contributed by atoms with Crippen LogP contribution in [-0.2, 0) is 11.3 Å². The maximum absolute atomic E-state index is 13.9. The highest BCUT2D eigenvalue weighted by Gasteiger charge is 2.26. The topological polar surface area (TPSA) is 63.1 Å². The molecule has 3 heterocycles. The Kier molecular flexibility index (Phi) is 5.94. The van der Waals surface area contributed by atoms with E-state index in [1.54, 1.807) is 12.3 Å². The minimum atomic E-state index is -0.275. The Morgan fingerprint density at radius 1 is 1.21 bits per heavy atom. The van der Waals surface area contributed by atoms with Gasteiger partial charge in [0.2, 0.25) is 5.91 Å². The van der Waals surface area contributed by atoms with Gasteiger partial charge in [-0.3, -0.25) is 14.5 Å². The molecule has 1 amide bonds. The zero-order valence-electron chi connectivity index (χ0n) is 18.8. The van der Waals surface area contributed by atoms with Gasteiger partial charge in [-0.25, -0.2) is 4.39 Å². The van der Waals surface area contributed by atoms with Crippen molar-refractivity contribution >= 4 is 33.4 Å². The lowest BCUT2D eigenvalue weighted by molar-refractivity contribution is -0.125. The first-order valence-corrected chi connectivity index (χ1v) is 11.6. The zero-order valence-corrected chi connectivity index (χ0v) is 18.8. The van der Waals surface area contributed by atoms with Crippen molar-refractivity contribution in [3.63, 3.8) is 0 Å². The molecule has 0 spiro atoms. The van der Waals surface area contributed by atoms with Gasteiger partial charge >= 0.3 is 0 Å². The van der Waals surface area contributed by atoms with Crippen LogP contribution in [0.5, 0.6) is 0 Å². The molecule has 4 aromatic rings. The molecule has 6 nitrogen and oxygen atoms in total. The summed E-state index contributed by atoms with van der Waals surface area (Å²) in [6, 6.07) is 12.8. The quantitative estimate of drug-likeness (QED) is 0.445. The maximum atomic E-state index is 13.9. The number of carbonyl (C=O) groups excluding carboxylic acids is 1. The average molecular weight is 446 g/mol. The minimum absolute atomic E-state index is 0.0799. The van der Waals surface area contributed by atoms with Gasteiger partial charge in [0.25, 0.3) is 0 Å². The highest BCUT2D eigenvalue weighted by atomic mass is 19.1. The van der Waals surface area contributed by atoms with Crippen molar-refractivity contribution in [1.29, 1.82) is 0 Å². The summed E-state index contributed by atoms with van der Waals surface area (Å²) in [5.41, 5.74) is 4.06. The second kappa shape index (κ2) is 9.17. The molecule has 1 aliphatic rings. The summed E-state index contributed by atoms with van der Waals surface area (Å²) in [6.07, 6.45) is 6.27. The molecular formula is C26H28FN5O. The monoisotopic (exact) mass is 445 g/mol. The van der Waals surface area contributed by atoms with Gasteiger partial charge in [0.1, 0.15) is 5.82 Å². The van der Waals surface area contributed by atoms with Crippen LogP contribution in [0.4, 0.5) is 10.1 Å². The summed E-state index contributed by atoms with van der Waals surface area (Å²) in [5.74, 6) is -0.266. The third-order valence-corrected chi connectivity index (χ3v) is 6.56. The lowest BCUT2D eigenvalue weighted by Crippen LogP contribution is -2.43. The van der Waals surface area contributed by atoms with Crippen molar-refractivity contribution < 1.29 is 9.18 Å². The molecule has 5 rings (SSSR count). The fourth-order valence-corrected chi connectivity index (χ4v) is 4.80. The normalized spacial score (nSPS) is 16.4. The number of halogens is 1. The maximum Gasteiger partial charge on any atom is 0.224 e. The van der Waals surface area contributed by atoms with Crippen molar-refractivity contribution in [1.82, 2.24) is 20.1 Å². The number of aromatic nitrogens is 3. The van der Waals surface area contributed by atoms with E-state index in [1.165, 1.54) is 23.1 Å². The van der Waals surface area contributed by atoms with E-state index in [4.69, 9.17) is 0 Å². The number of rotatable bonds is 6. The van der Waals surface area contributed by atoms with Gasteiger partial charge < -0.3 is 10.2 Å². The molecule has 170 valence electrons. The second-order valence-corrected chi connectivity index (χ2v) is 8.80. The molecule has 1 unspecified atom stereocenters. The highest BCUT2D eigenvalue weighted by molar-refractivity contribution is 5.92. The number of nitrogens with zero attached hydrogens (tertiary/aromatic N) is 4. The molecule has 0 radical (unpaired) electrons. The van der Waals surface area contributed by atoms with Crippen LogP contribution in [0.3, 0.4) is 0 Å². The molecular weight excluding hydrogens is 417 g/mol. The summed E-state index contributed by atoms with van der Waals surface area (Å²) in [6.45, 7) is 4.95. The van der Waals surface area contributed by atoms with Crippen LogP contribution in [0.2, 0.25) is 0 Å². The number of anilines is 1. The number of carbonyl (C=O) groups is 1. The van der Waals surface area contributed by atoms with Crippen LogP contribution < -0.4 is 10.2 Å². The molecule has 33 heavy (non-hydrogen) atoms. The molecule has 2 aromatic heterocycles. The van der Waals surface area contributed by atoms with Crippen LogP contribution >= 0.6 is 0 Å². The number of aryl methyl sites for hydroxylation is 2. The van der Waals surface area contributed by atoms with Crippen LogP contribution in [0.15, 0.2) is 54.9 Å². The number of amides is 1. The first-order chi connectivity index (χ1) is 16.1. The summed E-state index contributed by atoms with van der Waals surface area (Å²) in [5, 5.41) is 9.58. The van der Waals surface area contributed by atoms with Crippen molar-refractivity contribution in [3.8, 4) is 0 Å². The largest absolute Gasteiger partial charge is 0.370 e. The first-order valence-electron chi connectivity index (χ1n) is 11.6. The molecule has 7 heteroatoms. The van der Waals surface area contributed by atoms with Crippen LogP contribution in [0, 0.1) is 18.7 Å². The Morgan fingerprint density at radius 3 is 3.03 bits per heavy atom. The SMILES string of the molecule is Cc1cccc2c1cnn2CCCNC(=O)C1CCCN(c2ccnc3ccc(F)cc23)C1. The predicted octanol–water partition coefficient (Wildman–Crippen LogP) is 4.45. The Morgan fingerprint density at radius 2 is 2.12 bits per heavy atom. The van der Waals surface area contributed by atoms with Crippen molar-refractivity contribution in [2.75, 3.05) is 24.5 Å². The number of fused-ring (bicyclic) bond motifs is 2. The fourth-order valence-electron chi connectivity index (χ4n) is 4.80. The Hall–Kier alpha value is -3.48. The Bertz CT molecular complexity index is 1300. The van der Waals surface area contributed by atoms with Gasteiger partial charge in [-0.2, -0.15) is 5.10 Å². The van der Waals surface area contributed by atoms with E-state index < -0.39 is 0 Å². The number of piperidine rings is 1. The molecule has 0 aliphatic carbocycles. The van der Waals surface area contributed by atoms with E-state index in [2.05, 4.69) is 39.4 Å². The molecule has 1 aliphatic heterocycles. The number of benzene rings is 2. The van der Waals surface area contributed by atoms with Crippen molar-refractivity contribution in [3.05, 3.63) is 66.2 Å². The molecule has 1 N–H and O–H groups in total. The summed E-state index contributed by atoms with van der Waals surface area (Å²) in [7, 11) is 0. The molecule has 2 aromatic carbocycles. The molecule has 0 saturated carbocycles. The number of hydrogen-bond donors (Lipinski definition) is 1. The summed E-state index contributed by atoms with van der Waals surface area (Å²) >= 11 is 0. The van der Waals surface area contributed by atoms with Crippen LogP contribution in [0.1, 0.15) is 24.8 Å². The number of pyridine rings is 1. The Labute approximate surface area is 192 Å². The zero-order chi connectivity index (χ0) is 22.8. The van der Waals surface area contributed by atoms with Crippen molar-refractivity contribution in [2.24, 2.45) is 5.92 Å². The second-order valence-electron chi connectivity index (χ2n) is 8.80. The standard InChI is InChI=1S/C26H28FN5O/c1-18-5-2-7-25-22(18)16-30-32(25)14-4-11-29-26(33)19-6-3-13-31(17-19)24-10-12-28-23-9-8-20(27)15-21(23)24/h2,5,7-10,12,15-16,19H,3-4,6,11,13-14,17H2,1H3,(H,29,33). The lowest BCUT2D eigenvalue weighted by Gasteiger charge is -2.34. The van der Waals surface area contributed by atoms with E-state index in [0.29, 0.717) is 13.1 Å². The third-order valence-electron chi connectivity index (χ3n) is 6.56. The molecule has 1 saturated heterocycles. The van der Waals surface area contributed by atoms with E-state index in [0.717, 1.165) is 54.5 Å². The van der Waals surface area contributed by atoms with E-state index in [9.17, 15) is 9.18 Å². The van der Waals surface area contributed by atoms with Crippen LogP contribution in [0.25, 0.3) is 21.8 Å². The molecule has 1 fully saturated rings. The number of hydrogen-bond acceptors (Lipinski definition) is 4. The predicted molar refractivity (Wildman–Crippen MR) is 129 cm³/mol. The smallest absolute Gasteiger partial charge is 0.224 e. The van der Waals surface area contributed by atoms with Gasteiger partial charge in [0, 0.05) is 48.8 Å². The summed E-state index contributed by atoms with van der Waals surface area (Å²) in [4.78, 5) is 19.4. The average Bonchev–Trinajstić information content (AvgIpc) is 3.25. The minimum Gasteiger partial charge on any atom is -0.370 e. The van der Waals surface area contributed by atoms with Crippen LogP contribution in [-0.4, -0.2) is 40.3 Å². The van der Waals surface area contributed by atoms with Crippen molar-refractivity contribution in [2.45, 2.75) is 32.7 Å². The van der Waals surface area contributed by atoms with E-state index in [1.807, 2.05) is 23.0 Å². The lowest BCUT2D eigenvalue weighted by atomic mass is 9.96. The highest BCUT2D eigenvalue weighted by Crippen LogP contribution is 2.30. The number of nitrogens with one attached hydrogen (secondary N) is 1.